The van der Waals surface area contributed by atoms with Crippen LogP contribution in [-0.4, -0.2) is 25.7 Å². The molecule has 0 bridgehead atoms. The average Bonchev–Trinajstić information content (AvgIpc) is 2.59. The van der Waals surface area contributed by atoms with Crippen LogP contribution in [0.5, 0.6) is 5.75 Å². The molecule has 0 aliphatic carbocycles. The zero-order valence-corrected chi connectivity index (χ0v) is 14.7. The molecule has 2 N–H and O–H groups in total. The van der Waals surface area contributed by atoms with Crippen LogP contribution in [0.1, 0.15) is 24.5 Å². The molecule has 0 aliphatic rings. The molecule has 0 aliphatic heterocycles. The van der Waals surface area contributed by atoms with Crippen molar-refractivity contribution < 1.29 is 13.9 Å². The Labute approximate surface area is 148 Å². The highest BCUT2D eigenvalue weighted by atomic mass is 19.1. The summed E-state index contributed by atoms with van der Waals surface area (Å²) in [6.07, 6.45) is 2.23. The highest BCUT2D eigenvalue weighted by Gasteiger charge is 2.08. The van der Waals surface area contributed by atoms with E-state index in [9.17, 15) is 9.18 Å². The summed E-state index contributed by atoms with van der Waals surface area (Å²) in [5.41, 5.74) is 2.05. The number of hydrogen-bond donors (Lipinski definition) is 2. The van der Waals surface area contributed by atoms with Gasteiger partial charge in [-0.05, 0) is 61.6 Å². The largest absolute Gasteiger partial charge is 0.497 e. The van der Waals surface area contributed by atoms with E-state index < -0.39 is 0 Å². The maximum atomic E-state index is 13.1. The summed E-state index contributed by atoms with van der Waals surface area (Å²) in [7, 11) is 1.64. The minimum Gasteiger partial charge on any atom is -0.497 e. The monoisotopic (exact) mass is 344 g/mol. The van der Waals surface area contributed by atoms with Crippen LogP contribution in [0.2, 0.25) is 0 Å². The highest BCUT2D eigenvalue weighted by molar-refractivity contribution is 5.74. The fraction of sp³-hybridized carbons (Fsp3) is 0.350. The van der Waals surface area contributed by atoms with Crippen molar-refractivity contribution in [3.8, 4) is 5.75 Å². The second-order valence-corrected chi connectivity index (χ2v) is 6.09. The van der Waals surface area contributed by atoms with Crippen LogP contribution in [0.25, 0.3) is 0 Å². The van der Waals surface area contributed by atoms with Gasteiger partial charge in [-0.1, -0.05) is 24.3 Å². The number of carbonyl (C=O) groups excluding carboxylic acids is 1. The number of aryl methyl sites for hydroxylation is 1. The first-order valence-electron chi connectivity index (χ1n) is 8.48. The summed E-state index contributed by atoms with van der Waals surface area (Å²) in [6.45, 7) is 2.51. The fourth-order valence-electron chi connectivity index (χ4n) is 2.67. The highest BCUT2D eigenvalue weighted by Crippen LogP contribution is 2.13. The Morgan fingerprint density at radius 3 is 2.68 bits per heavy atom. The molecular weight excluding hydrogens is 319 g/mol. The van der Waals surface area contributed by atoms with E-state index in [0.29, 0.717) is 6.54 Å². The van der Waals surface area contributed by atoms with Crippen LogP contribution in [-0.2, 0) is 12.8 Å². The predicted molar refractivity (Wildman–Crippen MR) is 97.4 cm³/mol. The van der Waals surface area contributed by atoms with Crippen molar-refractivity contribution in [2.75, 3.05) is 13.7 Å². The zero-order chi connectivity index (χ0) is 18.1. The molecule has 25 heavy (non-hydrogen) atoms. The lowest BCUT2D eigenvalue weighted by Gasteiger charge is -2.15. The van der Waals surface area contributed by atoms with Crippen LogP contribution in [0.3, 0.4) is 0 Å². The van der Waals surface area contributed by atoms with Crippen molar-refractivity contribution in [1.82, 2.24) is 10.6 Å². The quantitative estimate of drug-likeness (QED) is 0.718. The summed E-state index contributed by atoms with van der Waals surface area (Å²) >= 11 is 0. The zero-order valence-electron chi connectivity index (χ0n) is 14.7. The molecule has 0 spiro atoms. The molecule has 0 saturated carbocycles. The number of methoxy groups -OCH3 is 1. The van der Waals surface area contributed by atoms with Gasteiger partial charge >= 0.3 is 6.03 Å². The standard InChI is InChI=1S/C20H25FN2O2/c1-15(12-17-7-4-10-19(14-17)25-2)23-20(24)22-11-5-8-16-6-3-9-18(21)13-16/h3-4,6-7,9-10,13-15H,5,8,11-12H2,1-2H3,(H2,22,23,24). The number of carbonyl (C=O) groups is 1. The first kappa shape index (κ1) is 18.8. The SMILES string of the molecule is COc1cccc(CC(C)NC(=O)NCCCc2cccc(F)c2)c1. The molecule has 5 heteroatoms. The van der Waals surface area contributed by atoms with E-state index >= 15 is 0 Å². The minimum absolute atomic E-state index is 0.00956. The van der Waals surface area contributed by atoms with E-state index in [1.807, 2.05) is 37.3 Å². The van der Waals surface area contributed by atoms with Gasteiger partial charge in [0, 0.05) is 12.6 Å². The number of halogens is 1. The molecule has 4 nitrogen and oxygen atoms in total. The lowest BCUT2D eigenvalue weighted by molar-refractivity contribution is 0.237. The second-order valence-electron chi connectivity index (χ2n) is 6.09. The smallest absolute Gasteiger partial charge is 0.315 e. The van der Waals surface area contributed by atoms with Crippen LogP contribution in [0.4, 0.5) is 9.18 Å². The summed E-state index contributed by atoms with van der Waals surface area (Å²) in [5.74, 6) is 0.584. The van der Waals surface area contributed by atoms with Gasteiger partial charge in [-0.3, -0.25) is 0 Å². The molecule has 2 aromatic rings. The number of nitrogens with one attached hydrogen (secondary N) is 2. The Kier molecular flexibility index (Phi) is 7.26. The van der Waals surface area contributed by atoms with Crippen molar-refractivity contribution in [2.45, 2.75) is 32.2 Å². The Balaban J connectivity index is 1.67. The van der Waals surface area contributed by atoms with Gasteiger partial charge < -0.3 is 15.4 Å². The topological polar surface area (TPSA) is 50.4 Å². The number of amides is 2. The average molecular weight is 344 g/mol. The van der Waals surface area contributed by atoms with Crippen LogP contribution in [0, 0.1) is 5.82 Å². The first-order valence-corrected chi connectivity index (χ1v) is 8.48. The fourth-order valence-corrected chi connectivity index (χ4v) is 2.67. The van der Waals surface area contributed by atoms with Crippen molar-refractivity contribution >= 4 is 6.03 Å². The minimum atomic E-state index is -0.227. The summed E-state index contributed by atoms with van der Waals surface area (Å²) in [6, 6.07) is 14.2. The molecule has 134 valence electrons. The van der Waals surface area contributed by atoms with E-state index in [1.54, 1.807) is 13.2 Å². The third-order valence-corrected chi connectivity index (χ3v) is 3.87. The van der Waals surface area contributed by atoms with Crippen LogP contribution in [0.15, 0.2) is 48.5 Å². The Bertz CT molecular complexity index is 691. The molecule has 1 atom stereocenters. The van der Waals surface area contributed by atoms with Gasteiger partial charge in [0.25, 0.3) is 0 Å². The summed E-state index contributed by atoms with van der Waals surface area (Å²) in [4.78, 5) is 11.9. The predicted octanol–water partition coefficient (Wildman–Crippen LogP) is 3.70. The van der Waals surface area contributed by atoms with Gasteiger partial charge in [-0.2, -0.15) is 0 Å². The van der Waals surface area contributed by atoms with Gasteiger partial charge in [0.15, 0.2) is 0 Å². The molecular formula is C20H25FN2O2. The van der Waals surface area contributed by atoms with E-state index in [2.05, 4.69) is 10.6 Å². The summed E-state index contributed by atoms with van der Waals surface area (Å²) < 4.78 is 18.3. The lowest BCUT2D eigenvalue weighted by Crippen LogP contribution is -2.42. The van der Waals surface area contributed by atoms with Gasteiger partial charge in [0.1, 0.15) is 11.6 Å². The Hall–Kier alpha value is -2.56. The number of rotatable bonds is 8. The molecule has 0 aromatic heterocycles. The molecule has 0 fully saturated rings. The molecule has 2 amide bonds. The van der Waals surface area contributed by atoms with E-state index in [0.717, 1.165) is 36.1 Å². The van der Waals surface area contributed by atoms with Crippen molar-refractivity contribution in [3.05, 3.63) is 65.5 Å². The Morgan fingerprint density at radius 1 is 1.16 bits per heavy atom. The second kappa shape index (κ2) is 9.67. The maximum absolute atomic E-state index is 13.1. The molecule has 0 heterocycles. The molecule has 1 unspecified atom stereocenters. The normalized spacial score (nSPS) is 11.6. The molecule has 0 saturated heterocycles. The first-order chi connectivity index (χ1) is 12.1. The van der Waals surface area contributed by atoms with Gasteiger partial charge in [-0.25, -0.2) is 9.18 Å². The van der Waals surface area contributed by atoms with E-state index in [1.165, 1.54) is 12.1 Å². The maximum Gasteiger partial charge on any atom is 0.315 e. The molecule has 0 radical (unpaired) electrons. The van der Waals surface area contributed by atoms with Crippen molar-refractivity contribution in [1.29, 1.82) is 0 Å². The van der Waals surface area contributed by atoms with E-state index in [-0.39, 0.29) is 17.9 Å². The van der Waals surface area contributed by atoms with Crippen molar-refractivity contribution in [3.63, 3.8) is 0 Å². The summed E-state index contributed by atoms with van der Waals surface area (Å²) in [5, 5.41) is 5.76. The van der Waals surface area contributed by atoms with Crippen LogP contribution >= 0.6 is 0 Å². The van der Waals surface area contributed by atoms with Gasteiger partial charge in [0.05, 0.1) is 7.11 Å². The van der Waals surface area contributed by atoms with E-state index in [4.69, 9.17) is 4.74 Å². The number of urea groups is 1. The van der Waals surface area contributed by atoms with Crippen LogP contribution < -0.4 is 15.4 Å². The number of hydrogen-bond acceptors (Lipinski definition) is 2. The Morgan fingerprint density at radius 2 is 1.92 bits per heavy atom. The third kappa shape index (κ3) is 6.83. The third-order valence-electron chi connectivity index (χ3n) is 3.87. The number of ether oxygens (including phenoxy) is 1. The van der Waals surface area contributed by atoms with Gasteiger partial charge in [-0.15, -0.1) is 0 Å². The van der Waals surface area contributed by atoms with Gasteiger partial charge in [0.2, 0.25) is 0 Å². The van der Waals surface area contributed by atoms with Crippen molar-refractivity contribution in [2.24, 2.45) is 0 Å². The molecule has 2 rings (SSSR count). The lowest BCUT2D eigenvalue weighted by atomic mass is 10.1. The number of benzene rings is 2. The molecule has 2 aromatic carbocycles.